The molecule has 1 atom stereocenters. The number of nitrogens with one attached hydrogen (secondary N) is 1. The quantitative estimate of drug-likeness (QED) is 0.852. The molecule has 1 aliphatic heterocycles. The van der Waals surface area contributed by atoms with Crippen LogP contribution in [0.2, 0.25) is 5.28 Å². The standard InChI is InChI=1S/C9H11BrClN3S/c10-7-4-12-9(11)14-8(7)13-6-2-1-3-15-5-6/h4,6H,1-3,5H2,(H,12,13,14). The summed E-state index contributed by atoms with van der Waals surface area (Å²) in [5.41, 5.74) is 0. The molecule has 0 aliphatic carbocycles. The predicted octanol–water partition coefficient (Wildman–Crippen LogP) is 3.20. The first-order valence-corrected chi connectivity index (χ1v) is 7.10. The Kier molecular flexibility index (Phi) is 4.11. The van der Waals surface area contributed by atoms with Crippen LogP contribution in [0.5, 0.6) is 0 Å². The second-order valence-corrected chi connectivity index (χ2v) is 5.74. The van der Waals surface area contributed by atoms with Crippen molar-refractivity contribution in [3.63, 3.8) is 0 Å². The monoisotopic (exact) mass is 307 g/mol. The van der Waals surface area contributed by atoms with E-state index in [0.717, 1.165) is 16.0 Å². The summed E-state index contributed by atoms with van der Waals surface area (Å²) in [6.07, 6.45) is 4.13. The second-order valence-electron chi connectivity index (χ2n) is 3.39. The van der Waals surface area contributed by atoms with Crippen LogP contribution in [0.3, 0.4) is 0 Å². The lowest BCUT2D eigenvalue weighted by atomic mass is 10.2. The SMILES string of the molecule is Clc1ncc(Br)c(NC2CCCSC2)n1. The molecule has 1 N–H and O–H groups in total. The van der Waals surface area contributed by atoms with Gasteiger partial charge >= 0.3 is 0 Å². The van der Waals surface area contributed by atoms with E-state index in [1.165, 1.54) is 18.6 Å². The highest BCUT2D eigenvalue weighted by molar-refractivity contribution is 9.10. The molecule has 0 radical (unpaired) electrons. The van der Waals surface area contributed by atoms with Crippen LogP contribution in [0.1, 0.15) is 12.8 Å². The van der Waals surface area contributed by atoms with E-state index in [2.05, 4.69) is 31.2 Å². The number of nitrogens with zero attached hydrogens (tertiary/aromatic N) is 2. The Labute approximate surface area is 107 Å². The van der Waals surface area contributed by atoms with E-state index >= 15 is 0 Å². The Morgan fingerprint density at radius 2 is 2.47 bits per heavy atom. The van der Waals surface area contributed by atoms with E-state index in [4.69, 9.17) is 11.6 Å². The van der Waals surface area contributed by atoms with Crippen LogP contribution in [-0.4, -0.2) is 27.5 Å². The number of thioether (sulfide) groups is 1. The Hall–Kier alpha value is -0.000000000000000111. The highest BCUT2D eigenvalue weighted by Crippen LogP contribution is 2.25. The molecule has 1 aromatic heterocycles. The lowest BCUT2D eigenvalue weighted by Gasteiger charge is -2.23. The Morgan fingerprint density at radius 1 is 1.60 bits per heavy atom. The van der Waals surface area contributed by atoms with Crippen LogP contribution in [0.15, 0.2) is 10.7 Å². The zero-order chi connectivity index (χ0) is 10.7. The highest BCUT2D eigenvalue weighted by Gasteiger charge is 2.15. The van der Waals surface area contributed by atoms with Gasteiger partial charge < -0.3 is 5.32 Å². The zero-order valence-corrected chi connectivity index (χ0v) is 11.2. The number of halogens is 2. The van der Waals surface area contributed by atoms with Crippen molar-refractivity contribution in [1.29, 1.82) is 0 Å². The molecule has 15 heavy (non-hydrogen) atoms. The van der Waals surface area contributed by atoms with E-state index in [1.807, 2.05) is 11.8 Å². The molecule has 1 fully saturated rings. The minimum atomic E-state index is 0.282. The first-order valence-electron chi connectivity index (χ1n) is 4.78. The van der Waals surface area contributed by atoms with Crippen molar-refractivity contribution in [2.75, 3.05) is 16.8 Å². The van der Waals surface area contributed by atoms with Gasteiger partial charge in [0.25, 0.3) is 0 Å². The molecular formula is C9H11BrClN3S. The lowest BCUT2D eigenvalue weighted by molar-refractivity contribution is 0.681. The van der Waals surface area contributed by atoms with Gasteiger partial charge in [-0.1, -0.05) is 0 Å². The summed E-state index contributed by atoms with van der Waals surface area (Å²) in [7, 11) is 0. The fourth-order valence-electron chi connectivity index (χ4n) is 1.49. The second kappa shape index (κ2) is 5.37. The molecule has 3 nitrogen and oxygen atoms in total. The number of aromatic nitrogens is 2. The maximum atomic E-state index is 5.75. The van der Waals surface area contributed by atoms with Gasteiger partial charge in [0.1, 0.15) is 5.82 Å². The number of hydrogen-bond donors (Lipinski definition) is 1. The molecule has 1 saturated heterocycles. The van der Waals surface area contributed by atoms with E-state index in [1.54, 1.807) is 6.20 Å². The number of anilines is 1. The van der Waals surface area contributed by atoms with Crippen molar-refractivity contribution in [1.82, 2.24) is 9.97 Å². The molecule has 0 bridgehead atoms. The van der Waals surface area contributed by atoms with Crippen LogP contribution < -0.4 is 5.32 Å². The summed E-state index contributed by atoms with van der Waals surface area (Å²) < 4.78 is 0.863. The molecule has 1 unspecified atom stereocenters. The van der Waals surface area contributed by atoms with Crippen molar-refractivity contribution in [3.05, 3.63) is 16.0 Å². The summed E-state index contributed by atoms with van der Waals surface area (Å²) in [5, 5.41) is 3.67. The van der Waals surface area contributed by atoms with Gasteiger partial charge in [-0.05, 0) is 46.1 Å². The van der Waals surface area contributed by atoms with Crippen molar-refractivity contribution in [2.24, 2.45) is 0 Å². The summed E-state index contributed by atoms with van der Waals surface area (Å²) in [5.74, 6) is 3.19. The highest BCUT2D eigenvalue weighted by atomic mass is 79.9. The smallest absolute Gasteiger partial charge is 0.224 e. The van der Waals surface area contributed by atoms with Crippen molar-refractivity contribution >= 4 is 45.1 Å². The predicted molar refractivity (Wildman–Crippen MR) is 68.7 cm³/mol. The third-order valence-corrected chi connectivity index (χ3v) is 4.19. The van der Waals surface area contributed by atoms with Crippen LogP contribution >= 0.6 is 39.3 Å². The maximum absolute atomic E-state index is 5.75. The van der Waals surface area contributed by atoms with Crippen LogP contribution in [0.25, 0.3) is 0 Å². The molecule has 0 aromatic carbocycles. The molecule has 0 amide bonds. The number of rotatable bonds is 2. The molecule has 1 aliphatic rings. The molecule has 0 saturated carbocycles. The Morgan fingerprint density at radius 3 is 3.20 bits per heavy atom. The fourth-order valence-corrected chi connectivity index (χ4v) is 3.01. The maximum Gasteiger partial charge on any atom is 0.224 e. The van der Waals surface area contributed by atoms with Gasteiger partial charge in [-0.15, -0.1) is 0 Å². The van der Waals surface area contributed by atoms with Crippen molar-refractivity contribution < 1.29 is 0 Å². The van der Waals surface area contributed by atoms with Crippen LogP contribution in [0, 0.1) is 0 Å². The minimum absolute atomic E-state index is 0.282. The van der Waals surface area contributed by atoms with Crippen molar-refractivity contribution in [2.45, 2.75) is 18.9 Å². The molecule has 1 aromatic rings. The Bertz CT molecular complexity index is 344. The molecule has 0 spiro atoms. The molecule has 2 rings (SSSR count). The average Bonchev–Trinajstić information content (AvgIpc) is 2.25. The molecule has 2 heterocycles. The fraction of sp³-hybridized carbons (Fsp3) is 0.556. The summed E-state index contributed by atoms with van der Waals surface area (Å²) >= 11 is 11.1. The van der Waals surface area contributed by atoms with Gasteiger partial charge in [-0.2, -0.15) is 16.7 Å². The summed E-state index contributed by atoms with van der Waals surface area (Å²) in [4.78, 5) is 8.05. The third kappa shape index (κ3) is 3.23. The van der Waals surface area contributed by atoms with E-state index in [9.17, 15) is 0 Å². The largest absolute Gasteiger partial charge is 0.365 e. The normalized spacial score (nSPS) is 21.3. The van der Waals surface area contributed by atoms with E-state index in [0.29, 0.717) is 6.04 Å². The van der Waals surface area contributed by atoms with Crippen LogP contribution in [-0.2, 0) is 0 Å². The van der Waals surface area contributed by atoms with Gasteiger partial charge in [0.05, 0.1) is 4.47 Å². The first-order chi connectivity index (χ1) is 7.25. The van der Waals surface area contributed by atoms with Gasteiger partial charge in [0, 0.05) is 18.0 Å². The zero-order valence-electron chi connectivity index (χ0n) is 8.04. The third-order valence-electron chi connectivity index (χ3n) is 2.22. The average molecular weight is 309 g/mol. The minimum Gasteiger partial charge on any atom is -0.365 e. The summed E-state index contributed by atoms with van der Waals surface area (Å²) in [6, 6.07) is 0.492. The summed E-state index contributed by atoms with van der Waals surface area (Å²) in [6.45, 7) is 0. The molecular weight excluding hydrogens is 298 g/mol. The Balaban J connectivity index is 2.05. The van der Waals surface area contributed by atoms with Gasteiger partial charge in [-0.3, -0.25) is 0 Å². The lowest BCUT2D eigenvalue weighted by Crippen LogP contribution is -2.26. The van der Waals surface area contributed by atoms with Gasteiger partial charge in [-0.25, -0.2) is 4.98 Å². The van der Waals surface area contributed by atoms with Gasteiger partial charge in [0.15, 0.2) is 0 Å². The molecule has 82 valence electrons. The van der Waals surface area contributed by atoms with Crippen molar-refractivity contribution in [3.8, 4) is 0 Å². The molecule has 6 heteroatoms. The van der Waals surface area contributed by atoms with E-state index < -0.39 is 0 Å². The van der Waals surface area contributed by atoms with Crippen LogP contribution in [0.4, 0.5) is 5.82 Å². The topological polar surface area (TPSA) is 37.8 Å². The van der Waals surface area contributed by atoms with E-state index in [-0.39, 0.29) is 5.28 Å². The first kappa shape index (κ1) is 11.5. The van der Waals surface area contributed by atoms with Gasteiger partial charge in [0.2, 0.25) is 5.28 Å². The number of hydrogen-bond acceptors (Lipinski definition) is 4.